The van der Waals surface area contributed by atoms with Gasteiger partial charge in [0.15, 0.2) is 0 Å². The smallest absolute Gasteiger partial charge is 0.323 e. The number of thiocarbonyl (C=S) groups is 1. The van der Waals surface area contributed by atoms with Gasteiger partial charge in [-0.05, 0) is 82.4 Å². The zero-order chi connectivity index (χ0) is 22.6. The molecule has 2 aromatic rings. The molecule has 0 spiro atoms. The van der Waals surface area contributed by atoms with Crippen LogP contribution in [0.1, 0.15) is 36.3 Å². The standard InChI is InChI=1S/C23H18Br2N2O3S2/c24-13-4-6-14(7-5-13)27-18-3-1-2-15(18)16-8-12(9-17(25)21(16)27)10-19-22(30)26(11-20(28)29)23(31)32-19/h4-10,15,18H,1-3,11H2,(H,28,29)/b19-10+/t15-,18-/m0/s1. The van der Waals surface area contributed by atoms with Gasteiger partial charge >= 0.3 is 5.97 Å². The molecule has 2 heterocycles. The summed E-state index contributed by atoms with van der Waals surface area (Å²) in [6.45, 7) is -0.415. The Bertz CT molecular complexity index is 1180. The molecule has 9 heteroatoms. The van der Waals surface area contributed by atoms with E-state index in [1.54, 1.807) is 0 Å². The van der Waals surface area contributed by atoms with Gasteiger partial charge in [0.05, 0.1) is 10.6 Å². The van der Waals surface area contributed by atoms with Crippen molar-refractivity contribution in [2.75, 3.05) is 11.4 Å². The maximum Gasteiger partial charge on any atom is 0.323 e. The molecular formula is C23H18Br2N2O3S2. The van der Waals surface area contributed by atoms with Crippen LogP contribution in [0.5, 0.6) is 0 Å². The van der Waals surface area contributed by atoms with Crippen LogP contribution in [0.15, 0.2) is 50.2 Å². The molecule has 0 radical (unpaired) electrons. The summed E-state index contributed by atoms with van der Waals surface area (Å²) in [5.74, 6) is -0.989. The van der Waals surface area contributed by atoms with E-state index in [0.717, 1.165) is 44.0 Å². The number of aliphatic carboxylic acids is 1. The fourth-order valence-electron chi connectivity index (χ4n) is 4.89. The van der Waals surface area contributed by atoms with E-state index in [4.69, 9.17) is 17.3 Å². The molecule has 2 aliphatic heterocycles. The molecule has 0 unspecified atom stereocenters. The molecule has 1 N–H and O–H groups in total. The fourth-order valence-corrected chi connectivity index (χ4v) is 7.09. The third-order valence-corrected chi connectivity index (χ3v) is 8.65. The van der Waals surface area contributed by atoms with Gasteiger partial charge in [-0.3, -0.25) is 14.5 Å². The molecule has 2 aromatic carbocycles. The van der Waals surface area contributed by atoms with E-state index in [1.165, 1.54) is 23.4 Å². The van der Waals surface area contributed by atoms with Crippen molar-refractivity contribution >= 4 is 89.5 Å². The lowest BCUT2D eigenvalue weighted by atomic mass is 9.96. The first-order valence-corrected chi connectivity index (χ1v) is 13.0. The topological polar surface area (TPSA) is 60.9 Å². The summed E-state index contributed by atoms with van der Waals surface area (Å²) in [6, 6.07) is 13.0. The summed E-state index contributed by atoms with van der Waals surface area (Å²) in [5.41, 5.74) is 4.57. The molecule has 3 aliphatic rings. The number of nitrogens with zero attached hydrogens (tertiary/aromatic N) is 2. The molecule has 1 aliphatic carbocycles. The van der Waals surface area contributed by atoms with Crippen LogP contribution in [-0.2, 0) is 9.59 Å². The molecule has 164 valence electrons. The predicted molar refractivity (Wildman–Crippen MR) is 138 cm³/mol. The molecule has 0 aromatic heterocycles. The summed E-state index contributed by atoms with van der Waals surface area (Å²) in [4.78, 5) is 27.8. The minimum absolute atomic E-state index is 0.279. The second-order valence-electron chi connectivity index (χ2n) is 8.05. The van der Waals surface area contributed by atoms with Crippen molar-refractivity contribution in [3.8, 4) is 0 Å². The zero-order valence-electron chi connectivity index (χ0n) is 16.8. The highest BCUT2D eigenvalue weighted by Gasteiger charge is 2.43. The molecule has 5 nitrogen and oxygen atoms in total. The monoisotopic (exact) mass is 592 g/mol. The molecule has 1 saturated heterocycles. The number of anilines is 2. The summed E-state index contributed by atoms with van der Waals surface area (Å²) >= 11 is 13.7. The number of hydrogen-bond donors (Lipinski definition) is 1. The van der Waals surface area contributed by atoms with Crippen LogP contribution in [0, 0.1) is 0 Å². The lowest BCUT2D eigenvalue weighted by Gasteiger charge is -2.28. The van der Waals surface area contributed by atoms with Crippen LogP contribution in [0.25, 0.3) is 6.08 Å². The van der Waals surface area contributed by atoms with Gasteiger partial charge in [0.25, 0.3) is 5.91 Å². The number of hydrogen-bond acceptors (Lipinski definition) is 5. The normalized spacial score (nSPS) is 23.2. The van der Waals surface area contributed by atoms with Gasteiger partial charge in [-0.25, -0.2) is 0 Å². The largest absolute Gasteiger partial charge is 0.480 e. The Morgan fingerprint density at radius 3 is 2.69 bits per heavy atom. The minimum Gasteiger partial charge on any atom is -0.480 e. The van der Waals surface area contributed by atoms with Gasteiger partial charge < -0.3 is 10.0 Å². The van der Waals surface area contributed by atoms with E-state index in [2.05, 4.69) is 67.1 Å². The highest BCUT2D eigenvalue weighted by atomic mass is 79.9. The molecule has 0 bridgehead atoms. The Hall–Kier alpha value is -1.68. The van der Waals surface area contributed by atoms with Gasteiger partial charge in [0.2, 0.25) is 0 Å². The molecular weight excluding hydrogens is 576 g/mol. The van der Waals surface area contributed by atoms with E-state index in [1.807, 2.05) is 12.1 Å². The van der Waals surface area contributed by atoms with Crippen LogP contribution in [-0.4, -0.2) is 38.8 Å². The summed E-state index contributed by atoms with van der Waals surface area (Å²) in [7, 11) is 0. The van der Waals surface area contributed by atoms with Gasteiger partial charge in [-0.2, -0.15) is 0 Å². The maximum absolute atomic E-state index is 12.7. The number of benzene rings is 2. The first kappa shape index (κ1) is 22.1. The average molecular weight is 594 g/mol. The third kappa shape index (κ3) is 3.83. The molecule has 5 rings (SSSR count). The van der Waals surface area contributed by atoms with Gasteiger partial charge in [-0.15, -0.1) is 0 Å². The second-order valence-corrected chi connectivity index (χ2v) is 11.5. The van der Waals surface area contributed by atoms with Gasteiger partial charge in [0.1, 0.15) is 10.9 Å². The second kappa shape index (κ2) is 8.59. The van der Waals surface area contributed by atoms with Crippen molar-refractivity contribution in [2.24, 2.45) is 0 Å². The van der Waals surface area contributed by atoms with Crippen molar-refractivity contribution in [1.29, 1.82) is 0 Å². The number of thioether (sulfide) groups is 1. The molecule has 32 heavy (non-hydrogen) atoms. The van der Waals surface area contributed by atoms with E-state index in [-0.39, 0.29) is 10.2 Å². The number of carboxylic acid groups (broad SMARTS) is 1. The number of rotatable bonds is 4. The number of amides is 1. The molecule has 1 saturated carbocycles. The minimum atomic E-state index is -1.08. The Kier molecular flexibility index (Phi) is 5.94. The summed E-state index contributed by atoms with van der Waals surface area (Å²) in [5, 5.41) is 9.05. The zero-order valence-corrected chi connectivity index (χ0v) is 21.6. The van der Waals surface area contributed by atoms with Crippen LogP contribution in [0.3, 0.4) is 0 Å². The van der Waals surface area contributed by atoms with E-state index >= 15 is 0 Å². The quantitative estimate of drug-likeness (QED) is 0.332. The number of fused-ring (bicyclic) bond motifs is 3. The molecule has 1 amide bonds. The van der Waals surface area contributed by atoms with E-state index < -0.39 is 12.5 Å². The van der Waals surface area contributed by atoms with Crippen molar-refractivity contribution in [3.63, 3.8) is 0 Å². The van der Waals surface area contributed by atoms with E-state index in [0.29, 0.717) is 16.9 Å². The van der Waals surface area contributed by atoms with Crippen molar-refractivity contribution in [2.45, 2.75) is 31.2 Å². The highest BCUT2D eigenvalue weighted by Crippen LogP contribution is 2.55. The van der Waals surface area contributed by atoms with Crippen molar-refractivity contribution in [3.05, 3.63) is 61.4 Å². The van der Waals surface area contributed by atoms with Crippen LogP contribution in [0.2, 0.25) is 0 Å². The number of carboxylic acids is 1. The molecule has 2 atom stereocenters. The predicted octanol–water partition coefficient (Wildman–Crippen LogP) is 6.29. The number of carbonyl (C=O) groups excluding carboxylic acids is 1. The van der Waals surface area contributed by atoms with E-state index in [9.17, 15) is 9.59 Å². The summed E-state index contributed by atoms with van der Waals surface area (Å²) < 4.78 is 2.32. The Morgan fingerprint density at radius 1 is 1.22 bits per heavy atom. The van der Waals surface area contributed by atoms with Crippen molar-refractivity contribution in [1.82, 2.24) is 4.90 Å². The summed E-state index contributed by atoms with van der Waals surface area (Å²) in [6.07, 6.45) is 5.29. The average Bonchev–Trinajstić information content (AvgIpc) is 3.39. The van der Waals surface area contributed by atoms with Crippen LogP contribution >= 0.6 is 55.8 Å². The van der Waals surface area contributed by atoms with Gasteiger partial charge in [-0.1, -0.05) is 46.3 Å². The van der Waals surface area contributed by atoms with Crippen LogP contribution < -0.4 is 4.90 Å². The lowest BCUT2D eigenvalue weighted by Crippen LogP contribution is -2.33. The molecule has 2 fully saturated rings. The highest BCUT2D eigenvalue weighted by molar-refractivity contribution is 9.10. The number of carbonyl (C=O) groups is 2. The van der Waals surface area contributed by atoms with Crippen LogP contribution in [0.4, 0.5) is 11.4 Å². The Labute approximate surface area is 212 Å². The van der Waals surface area contributed by atoms with Crippen molar-refractivity contribution < 1.29 is 14.7 Å². The fraction of sp³-hybridized carbons (Fsp3) is 0.261. The Balaban J connectivity index is 1.53. The lowest BCUT2D eigenvalue weighted by molar-refractivity contribution is -0.140. The third-order valence-electron chi connectivity index (χ3n) is 6.14. The SMILES string of the molecule is O=C(O)CN1C(=O)/C(=C\c2cc(Br)c3c(c2)[C@@H]2CCC[C@@H]2N3c2ccc(Br)cc2)SC1=S. The van der Waals surface area contributed by atoms with Gasteiger partial charge in [0, 0.05) is 26.6 Å². The first-order valence-electron chi connectivity index (χ1n) is 10.2. The maximum atomic E-state index is 12.7. The first-order chi connectivity index (χ1) is 15.3. The Morgan fingerprint density at radius 2 is 1.97 bits per heavy atom. The number of halogens is 2.